The molecule has 1 aromatic rings. The number of aliphatic hydroxyl groups excluding tert-OH is 1. The van der Waals surface area contributed by atoms with Gasteiger partial charge in [-0.05, 0) is 20.1 Å². The molecule has 1 rings (SSSR count). The van der Waals surface area contributed by atoms with E-state index in [1.807, 2.05) is 20.1 Å². The minimum Gasteiger partial charge on any atom is -0.467 e. The van der Waals surface area contributed by atoms with Crippen molar-refractivity contribution in [2.24, 2.45) is 0 Å². The molecule has 0 saturated heterocycles. The summed E-state index contributed by atoms with van der Waals surface area (Å²) >= 11 is 1.59. The van der Waals surface area contributed by atoms with Crippen molar-refractivity contribution in [1.82, 2.24) is 15.0 Å². The van der Waals surface area contributed by atoms with E-state index in [-0.39, 0.29) is 23.9 Å². The maximum absolute atomic E-state index is 9.26. The molecule has 0 radical (unpaired) electrons. The summed E-state index contributed by atoms with van der Waals surface area (Å²) in [4.78, 5) is 12.5. The van der Waals surface area contributed by atoms with E-state index in [1.54, 1.807) is 11.8 Å². The molecule has 0 bridgehead atoms. The van der Waals surface area contributed by atoms with Crippen LogP contribution in [0.2, 0.25) is 0 Å². The molecule has 108 valence electrons. The molecule has 0 aliphatic heterocycles. The van der Waals surface area contributed by atoms with Crippen molar-refractivity contribution in [2.75, 3.05) is 37.2 Å². The van der Waals surface area contributed by atoms with Crippen molar-refractivity contribution >= 4 is 23.7 Å². The number of anilines is 2. The number of nitrogens with zero attached hydrogens (tertiary/aromatic N) is 3. The molecule has 3 N–H and O–H groups in total. The lowest BCUT2D eigenvalue weighted by molar-refractivity contribution is 0.288. The molecule has 1 heterocycles. The third-order valence-electron chi connectivity index (χ3n) is 2.53. The zero-order chi connectivity index (χ0) is 14.3. The van der Waals surface area contributed by atoms with Gasteiger partial charge >= 0.3 is 6.01 Å². The quantitative estimate of drug-likeness (QED) is 0.648. The van der Waals surface area contributed by atoms with Crippen LogP contribution in [-0.2, 0) is 0 Å². The number of hydrogen-bond acceptors (Lipinski definition) is 8. The molecular formula is C11H21N5O2S. The summed E-state index contributed by atoms with van der Waals surface area (Å²) in [7, 11) is 1.51. The molecule has 7 nitrogen and oxygen atoms in total. The van der Waals surface area contributed by atoms with Gasteiger partial charge in [0.1, 0.15) is 0 Å². The first-order valence-corrected chi connectivity index (χ1v) is 7.37. The highest BCUT2D eigenvalue weighted by molar-refractivity contribution is 7.99. The SMILES string of the molecule is CCNc1nc(NC(C)C(CO)SC)nc(OC)n1. The van der Waals surface area contributed by atoms with E-state index >= 15 is 0 Å². The van der Waals surface area contributed by atoms with Crippen molar-refractivity contribution < 1.29 is 9.84 Å². The molecule has 0 fully saturated rings. The highest BCUT2D eigenvalue weighted by atomic mass is 32.2. The van der Waals surface area contributed by atoms with Crippen molar-refractivity contribution in [3.8, 4) is 6.01 Å². The van der Waals surface area contributed by atoms with E-state index in [4.69, 9.17) is 4.74 Å². The Bertz CT molecular complexity index is 389. The summed E-state index contributed by atoms with van der Waals surface area (Å²) in [6.45, 7) is 4.74. The summed E-state index contributed by atoms with van der Waals surface area (Å²) in [5.41, 5.74) is 0. The Morgan fingerprint density at radius 2 is 2.00 bits per heavy atom. The van der Waals surface area contributed by atoms with Gasteiger partial charge < -0.3 is 20.5 Å². The number of thioether (sulfide) groups is 1. The van der Waals surface area contributed by atoms with Crippen LogP contribution in [0.4, 0.5) is 11.9 Å². The molecule has 0 saturated carbocycles. The number of rotatable bonds is 8. The van der Waals surface area contributed by atoms with Crippen LogP contribution in [0, 0.1) is 0 Å². The molecule has 0 aliphatic rings. The van der Waals surface area contributed by atoms with Crippen molar-refractivity contribution in [3.05, 3.63) is 0 Å². The van der Waals surface area contributed by atoms with Crippen LogP contribution in [-0.4, -0.2) is 57.9 Å². The van der Waals surface area contributed by atoms with Crippen LogP contribution in [0.5, 0.6) is 6.01 Å². The first-order valence-electron chi connectivity index (χ1n) is 6.08. The summed E-state index contributed by atoms with van der Waals surface area (Å²) in [5.74, 6) is 0.900. The lowest BCUT2D eigenvalue weighted by atomic mass is 10.2. The van der Waals surface area contributed by atoms with Crippen LogP contribution in [0.3, 0.4) is 0 Å². The smallest absolute Gasteiger partial charge is 0.322 e. The van der Waals surface area contributed by atoms with E-state index in [2.05, 4.69) is 25.6 Å². The molecule has 0 aromatic carbocycles. The average molecular weight is 287 g/mol. The minimum absolute atomic E-state index is 0.0292. The number of methoxy groups -OCH3 is 1. The zero-order valence-electron chi connectivity index (χ0n) is 11.7. The normalized spacial score (nSPS) is 13.7. The fourth-order valence-electron chi connectivity index (χ4n) is 1.48. The highest BCUT2D eigenvalue weighted by Crippen LogP contribution is 2.16. The fourth-order valence-corrected chi connectivity index (χ4v) is 2.11. The van der Waals surface area contributed by atoms with Crippen LogP contribution in [0.1, 0.15) is 13.8 Å². The third kappa shape index (κ3) is 4.71. The van der Waals surface area contributed by atoms with Gasteiger partial charge in [-0.1, -0.05) is 0 Å². The number of aromatic nitrogens is 3. The van der Waals surface area contributed by atoms with Crippen molar-refractivity contribution in [1.29, 1.82) is 0 Å². The Balaban J connectivity index is 2.84. The molecule has 2 unspecified atom stereocenters. The van der Waals surface area contributed by atoms with Crippen molar-refractivity contribution in [2.45, 2.75) is 25.1 Å². The highest BCUT2D eigenvalue weighted by Gasteiger charge is 2.17. The number of aliphatic hydroxyl groups is 1. The largest absolute Gasteiger partial charge is 0.467 e. The topological polar surface area (TPSA) is 92.2 Å². The second-order valence-electron chi connectivity index (χ2n) is 3.89. The van der Waals surface area contributed by atoms with E-state index in [0.717, 1.165) is 0 Å². The van der Waals surface area contributed by atoms with Gasteiger partial charge in [0.2, 0.25) is 11.9 Å². The van der Waals surface area contributed by atoms with Gasteiger partial charge in [0, 0.05) is 17.8 Å². The Labute approximate surface area is 117 Å². The molecule has 1 aromatic heterocycles. The maximum Gasteiger partial charge on any atom is 0.322 e. The lowest BCUT2D eigenvalue weighted by Crippen LogP contribution is -2.31. The van der Waals surface area contributed by atoms with Gasteiger partial charge in [0.05, 0.1) is 13.7 Å². The van der Waals surface area contributed by atoms with Gasteiger partial charge in [-0.15, -0.1) is 0 Å². The maximum atomic E-state index is 9.26. The molecule has 0 amide bonds. The van der Waals surface area contributed by atoms with E-state index in [0.29, 0.717) is 18.4 Å². The molecule has 0 aliphatic carbocycles. The van der Waals surface area contributed by atoms with Gasteiger partial charge in [-0.2, -0.15) is 26.7 Å². The Morgan fingerprint density at radius 3 is 2.53 bits per heavy atom. The van der Waals surface area contributed by atoms with Crippen LogP contribution in [0.25, 0.3) is 0 Å². The Hall–Kier alpha value is -1.28. The van der Waals surface area contributed by atoms with E-state index in [1.165, 1.54) is 7.11 Å². The molecule has 0 spiro atoms. The zero-order valence-corrected chi connectivity index (χ0v) is 12.5. The summed E-state index contributed by atoms with van der Waals surface area (Å²) < 4.78 is 5.04. The minimum atomic E-state index is 0.0292. The van der Waals surface area contributed by atoms with E-state index < -0.39 is 0 Å². The predicted octanol–water partition coefficient (Wildman–Crippen LogP) is 0.836. The second-order valence-corrected chi connectivity index (χ2v) is 4.97. The van der Waals surface area contributed by atoms with Crippen LogP contribution in [0.15, 0.2) is 0 Å². The molecule has 8 heteroatoms. The fraction of sp³-hybridized carbons (Fsp3) is 0.727. The van der Waals surface area contributed by atoms with Gasteiger partial charge in [0.25, 0.3) is 0 Å². The summed E-state index contributed by atoms with van der Waals surface area (Å²) in [6, 6.07) is 0.284. The lowest BCUT2D eigenvalue weighted by Gasteiger charge is -2.21. The number of ether oxygens (including phenoxy) is 1. The number of hydrogen-bond donors (Lipinski definition) is 3. The molecule has 19 heavy (non-hydrogen) atoms. The summed E-state index contributed by atoms with van der Waals surface area (Å²) in [6.07, 6.45) is 1.96. The van der Waals surface area contributed by atoms with Crippen LogP contribution >= 0.6 is 11.8 Å². The van der Waals surface area contributed by atoms with Gasteiger partial charge in [-0.3, -0.25) is 0 Å². The molecular weight excluding hydrogens is 266 g/mol. The standard InChI is InChI=1S/C11H21N5O2S/c1-5-12-9-14-10(16-11(15-9)18-3)13-7(2)8(6-17)19-4/h7-8,17H,5-6H2,1-4H3,(H2,12,13,14,15,16). The second kappa shape index (κ2) is 8.00. The van der Waals surface area contributed by atoms with Gasteiger partial charge in [-0.25, -0.2) is 0 Å². The average Bonchev–Trinajstić information content (AvgIpc) is 2.40. The van der Waals surface area contributed by atoms with Gasteiger partial charge in [0.15, 0.2) is 0 Å². The van der Waals surface area contributed by atoms with E-state index in [9.17, 15) is 5.11 Å². The monoisotopic (exact) mass is 287 g/mol. The van der Waals surface area contributed by atoms with Crippen molar-refractivity contribution in [3.63, 3.8) is 0 Å². The summed E-state index contributed by atoms with van der Waals surface area (Å²) in [5, 5.41) is 15.5. The number of nitrogens with one attached hydrogen (secondary N) is 2. The first-order chi connectivity index (χ1) is 9.14. The molecule has 2 atom stereocenters. The first kappa shape index (κ1) is 15.8. The van der Waals surface area contributed by atoms with Crippen LogP contribution < -0.4 is 15.4 Å². The Morgan fingerprint density at radius 1 is 1.32 bits per heavy atom. The third-order valence-corrected chi connectivity index (χ3v) is 3.69. The predicted molar refractivity (Wildman–Crippen MR) is 78.0 cm³/mol. The Kier molecular flexibility index (Phi) is 6.65.